The number of H-pyrrole nitrogens is 1. The number of hydrogen-bond donors (Lipinski definition) is 1. The van der Waals surface area contributed by atoms with Crippen LogP contribution in [0.15, 0.2) is 42.5 Å². The number of aromatic nitrogens is 3. The van der Waals surface area contributed by atoms with Gasteiger partial charge in [0.05, 0.1) is 0 Å². The fraction of sp³-hybridized carbons (Fsp3) is 0. The lowest BCUT2D eigenvalue weighted by atomic mass is 10.1. The predicted octanol–water partition coefficient (Wildman–Crippen LogP) is 5.02. The predicted molar refractivity (Wildman–Crippen MR) is 92.3 cm³/mol. The van der Waals surface area contributed by atoms with Crippen molar-refractivity contribution in [3.8, 4) is 27.8 Å². The highest BCUT2D eigenvalue weighted by molar-refractivity contribution is 7.22. The van der Waals surface area contributed by atoms with Gasteiger partial charge in [0.1, 0.15) is 17.6 Å². The second kappa shape index (κ2) is 5.71. The lowest BCUT2D eigenvalue weighted by Crippen LogP contribution is -1.84. The van der Waals surface area contributed by atoms with Crippen LogP contribution in [0.25, 0.3) is 31.8 Å². The Morgan fingerprint density at radius 2 is 2.04 bits per heavy atom. The molecule has 0 aliphatic carbocycles. The van der Waals surface area contributed by atoms with Crippen LogP contribution in [0.1, 0.15) is 5.69 Å². The van der Waals surface area contributed by atoms with E-state index in [9.17, 15) is 4.39 Å². The first-order chi connectivity index (χ1) is 11.7. The molecular formula is C17H8ClFN4S. The molecule has 0 bridgehead atoms. The molecule has 0 amide bonds. The normalized spacial score (nSPS) is 10.9. The van der Waals surface area contributed by atoms with E-state index in [1.54, 1.807) is 18.2 Å². The van der Waals surface area contributed by atoms with Gasteiger partial charge >= 0.3 is 0 Å². The van der Waals surface area contributed by atoms with Crippen molar-refractivity contribution in [2.75, 3.05) is 0 Å². The first kappa shape index (κ1) is 14.8. The van der Waals surface area contributed by atoms with Gasteiger partial charge in [-0.15, -0.1) is 16.4 Å². The number of aromatic amines is 1. The summed E-state index contributed by atoms with van der Waals surface area (Å²) in [7, 11) is 0. The lowest BCUT2D eigenvalue weighted by Gasteiger charge is -2.04. The Bertz CT molecular complexity index is 1110. The molecule has 0 radical (unpaired) electrons. The fourth-order valence-electron chi connectivity index (χ4n) is 2.52. The first-order valence-corrected chi connectivity index (χ1v) is 8.15. The number of thiophene rings is 1. The van der Waals surface area contributed by atoms with Crippen LogP contribution in [0, 0.1) is 17.1 Å². The molecule has 0 aliphatic rings. The Kier molecular flexibility index (Phi) is 3.53. The summed E-state index contributed by atoms with van der Waals surface area (Å²) in [5.74, 6) is -0.270. The zero-order valence-electron chi connectivity index (χ0n) is 12.0. The summed E-state index contributed by atoms with van der Waals surface area (Å²) >= 11 is 7.88. The van der Waals surface area contributed by atoms with E-state index in [1.807, 2.05) is 18.2 Å². The highest BCUT2D eigenvalue weighted by Crippen LogP contribution is 2.39. The standard InChI is InChI=1S/C17H8ClFN4S/c18-13-3-1-9(17-14(8-20)21-23-22-17)6-12(13)16-7-10-5-11(19)2-4-15(10)24-16/h1-7H,(H,21,22,23). The Balaban J connectivity index is 1.88. The molecule has 0 saturated carbocycles. The van der Waals surface area contributed by atoms with Crippen molar-refractivity contribution in [2.45, 2.75) is 0 Å². The van der Waals surface area contributed by atoms with Gasteiger partial charge in [-0.1, -0.05) is 22.9 Å². The summed E-state index contributed by atoms with van der Waals surface area (Å²) in [5.41, 5.74) is 2.32. The molecule has 116 valence electrons. The smallest absolute Gasteiger partial charge is 0.163 e. The minimum atomic E-state index is -0.270. The molecule has 4 aromatic rings. The number of hydrogen-bond acceptors (Lipinski definition) is 4. The number of benzene rings is 2. The molecule has 0 atom stereocenters. The topological polar surface area (TPSA) is 65.4 Å². The molecule has 0 saturated heterocycles. The van der Waals surface area contributed by atoms with Gasteiger partial charge in [0, 0.05) is 25.7 Å². The zero-order valence-corrected chi connectivity index (χ0v) is 13.6. The van der Waals surface area contributed by atoms with Gasteiger partial charge in [0.15, 0.2) is 5.69 Å². The van der Waals surface area contributed by atoms with Gasteiger partial charge in [0.2, 0.25) is 0 Å². The van der Waals surface area contributed by atoms with Crippen LogP contribution in [-0.2, 0) is 0 Å². The maximum absolute atomic E-state index is 13.4. The zero-order chi connectivity index (χ0) is 16.7. The Morgan fingerprint density at radius 1 is 1.17 bits per heavy atom. The Hall–Kier alpha value is -2.75. The first-order valence-electron chi connectivity index (χ1n) is 6.96. The second-order valence-electron chi connectivity index (χ2n) is 5.13. The van der Waals surface area contributed by atoms with Gasteiger partial charge in [-0.3, -0.25) is 0 Å². The second-order valence-corrected chi connectivity index (χ2v) is 6.63. The van der Waals surface area contributed by atoms with Crippen LogP contribution >= 0.6 is 22.9 Å². The summed E-state index contributed by atoms with van der Waals surface area (Å²) in [6.45, 7) is 0. The third-order valence-corrected chi connectivity index (χ3v) is 5.12. The van der Waals surface area contributed by atoms with Crippen LogP contribution in [-0.4, -0.2) is 15.4 Å². The molecule has 4 nitrogen and oxygen atoms in total. The van der Waals surface area contributed by atoms with E-state index in [4.69, 9.17) is 16.9 Å². The minimum absolute atomic E-state index is 0.270. The van der Waals surface area contributed by atoms with Crippen molar-refractivity contribution >= 4 is 33.0 Å². The molecule has 0 unspecified atom stereocenters. The monoisotopic (exact) mass is 354 g/mol. The summed E-state index contributed by atoms with van der Waals surface area (Å²) in [4.78, 5) is 0.921. The number of nitrogens with one attached hydrogen (secondary N) is 1. The van der Waals surface area contributed by atoms with Crippen molar-refractivity contribution in [3.63, 3.8) is 0 Å². The highest BCUT2D eigenvalue weighted by Gasteiger charge is 2.14. The van der Waals surface area contributed by atoms with E-state index in [-0.39, 0.29) is 5.82 Å². The number of fused-ring (bicyclic) bond motifs is 1. The van der Waals surface area contributed by atoms with Gasteiger partial charge in [0.25, 0.3) is 0 Å². The molecule has 0 aliphatic heterocycles. The average molecular weight is 355 g/mol. The molecule has 2 aromatic carbocycles. The Morgan fingerprint density at radius 3 is 2.88 bits per heavy atom. The van der Waals surface area contributed by atoms with Crippen LogP contribution in [0.5, 0.6) is 0 Å². The van der Waals surface area contributed by atoms with E-state index in [0.717, 1.165) is 26.1 Å². The van der Waals surface area contributed by atoms with E-state index < -0.39 is 0 Å². The third-order valence-electron chi connectivity index (χ3n) is 3.64. The van der Waals surface area contributed by atoms with Crippen LogP contribution in [0.3, 0.4) is 0 Å². The maximum Gasteiger partial charge on any atom is 0.163 e. The third kappa shape index (κ3) is 2.44. The van der Waals surface area contributed by atoms with Crippen LogP contribution in [0.2, 0.25) is 5.02 Å². The molecule has 7 heteroatoms. The number of nitrogens with zero attached hydrogens (tertiary/aromatic N) is 3. The molecule has 4 rings (SSSR count). The van der Waals surface area contributed by atoms with Gasteiger partial charge in [-0.05, 0) is 41.8 Å². The average Bonchev–Trinajstić information content (AvgIpc) is 3.21. The van der Waals surface area contributed by atoms with E-state index in [2.05, 4.69) is 15.4 Å². The molecular weight excluding hydrogens is 347 g/mol. The summed E-state index contributed by atoms with van der Waals surface area (Å²) < 4.78 is 14.4. The quantitative estimate of drug-likeness (QED) is 0.549. The van der Waals surface area contributed by atoms with Gasteiger partial charge in [-0.2, -0.15) is 5.26 Å². The number of halogens is 2. The Labute approximate surface area is 145 Å². The molecule has 24 heavy (non-hydrogen) atoms. The molecule has 0 spiro atoms. The van der Waals surface area contributed by atoms with Crippen LogP contribution < -0.4 is 0 Å². The molecule has 1 N–H and O–H groups in total. The molecule has 2 aromatic heterocycles. The van der Waals surface area contributed by atoms with E-state index >= 15 is 0 Å². The van der Waals surface area contributed by atoms with Gasteiger partial charge in [-0.25, -0.2) is 9.49 Å². The molecule has 2 heterocycles. The van der Waals surface area contributed by atoms with Crippen molar-refractivity contribution in [3.05, 3.63) is 59.0 Å². The summed E-state index contributed by atoms with van der Waals surface area (Å²) in [5, 5.41) is 20.7. The summed E-state index contributed by atoms with van der Waals surface area (Å²) in [6, 6.07) is 14.0. The van der Waals surface area contributed by atoms with Crippen molar-refractivity contribution < 1.29 is 4.39 Å². The van der Waals surface area contributed by atoms with Gasteiger partial charge < -0.3 is 0 Å². The largest absolute Gasteiger partial charge is 0.247 e. The van der Waals surface area contributed by atoms with E-state index in [0.29, 0.717) is 16.4 Å². The fourth-order valence-corrected chi connectivity index (χ4v) is 3.87. The highest BCUT2D eigenvalue weighted by atomic mass is 35.5. The SMILES string of the molecule is N#Cc1[nH]nnc1-c1ccc(Cl)c(-c2cc3cc(F)ccc3s2)c1. The van der Waals surface area contributed by atoms with Crippen molar-refractivity contribution in [1.82, 2.24) is 15.4 Å². The minimum Gasteiger partial charge on any atom is -0.247 e. The number of rotatable bonds is 2. The van der Waals surface area contributed by atoms with Crippen LogP contribution in [0.4, 0.5) is 4.39 Å². The number of nitriles is 1. The molecule has 0 fully saturated rings. The summed E-state index contributed by atoms with van der Waals surface area (Å²) in [6.07, 6.45) is 0. The van der Waals surface area contributed by atoms with Crippen molar-refractivity contribution in [2.24, 2.45) is 0 Å². The lowest BCUT2D eigenvalue weighted by molar-refractivity contribution is 0.630. The maximum atomic E-state index is 13.4. The van der Waals surface area contributed by atoms with Crippen molar-refractivity contribution in [1.29, 1.82) is 5.26 Å². The van der Waals surface area contributed by atoms with E-state index in [1.165, 1.54) is 23.5 Å².